The van der Waals surface area contributed by atoms with Gasteiger partial charge in [-0.2, -0.15) is 0 Å². The fourth-order valence-electron chi connectivity index (χ4n) is 1.14. The van der Waals surface area contributed by atoms with Gasteiger partial charge in [0.2, 0.25) is 5.09 Å². The minimum Gasteiger partial charge on any atom is -0.452 e. The molecule has 0 bridgehead atoms. The average molecular weight is 232 g/mol. The Bertz CT molecular complexity index is 372. The van der Waals surface area contributed by atoms with Crippen LogP contribution >= 0.6 is 0 Å². The summed E-state index contributed by atoms with van der Waals surface area (Å²) < 4.78 is 30.4. The topological polar surface area (TPSA) is 71.3 Å². The summed E-state index contributed by atoms with van der Waals surface area (Å²) in [6.45, 7) is 5.03. The van der Waals surface area contributed by atoms with Crippen molar-refractivity contribution >= 4 is 10.0 Å². The second kappa shape index (κ2) is 5.29. The van der Waals surface area contributed by atoms with E-state index in [1.807, 2.05) is 13.8 Å². The average Bonchev–Trinajstić information content (AvgIpc) is 2.69. The molecule has 0 aliphatic rings. The first-order valence-electron chi connectivity index (χ1n) is 4.83. The van der Waals surface area contributed by atoms with Crippen molar-refractivity contribution in [1.82, 2.24) is 10.0 Å². The maximum Gasteiger partial charge on any atom is 0.273 e. The predicted molar refractivity (Wildman–Crippen MR) is 57.0 cm³/mol. The molecule has 0 amide bonds. The Morgan fingerprint density at radius 1 is 1.53 bits per heavy atom. The monoisotopic (exact) mass is 232 g/mol. The SMILES string of the molecule is CCN[C@H](C)CNS(=O)(=O)c1ccco1. The minimum atomic E-state index is -3.49. The Morgan fingerprint density at radius 2 is 2.27 bits per heavy atom. The highest BCUT2D eigenvalue weighted by Crippen LogP contribution is 2.07. The van der Waals surface area contributed by atoms with Gasteiger partial charge in [0.15, 0.2) is 0 Å². The third kappa shape index (κ3) is 3.65. The molecule has 0 radical (unpaired) electrons. The van der Waals surface area contributed by atoms with E-state index in [0.29, 0.717) is 6.54 Å². The quantitative estimate of drug-likeness (QED) is 0.751. The first kappa shape index (κ1) is 12.2. The Morgan fingerprint density at radius 3 is 2.80 bits per heavy atom. The van der Waals surface area contributed by atoms with Crippen molar-refractivity contribution in [2.45, 2.75) is 25.0 Å². The van der Waals surface area contributed by atoms with Gasteiger partial charge in [-0.1, -0.05) is 6.92 Å². The van der Waals surface area contributed by atoms with Gasteiger partial charge in [-0.3, -0.25) is 0 Å². The lowest BCUT2D eigenvalue weighted by Crippen LogP contribution is -2.38. The Hall–Kier alpha value is -0.850. The van der Waals surface area contributed by atoms with Crippen LogP contribution in [0.15, 0.2) is 27.9 Å². The van der Waals surface area contributed by atoms with Crippen molar-refractivity contribution in [2.75, 3.05) is 13.1 Å². The second-order valence-electron chi connectivity index (χ2n) is 3.24. The van der Waals surface area contributed by atoms with Crippen LogP contribution in [0.25, 0.3) is 0 Å². The van der Waals surface area contributed by atoms with E-state index in [2.05, 4.69) is 10.0 Å². The molecule has 0 unspecified atom stereocenters. The molecular weight excluding hydrogens is 216 g/mol. The van der Waals surface area contributed by atoms with Gasteiger partial charge in [-0.05, 0) is 25.6 Å². The molecule has 5 nitrogen and oxygen atoms in total. The van der Waals surface area contributed by atoms with Crippen molar-refractivity contribution in [1.29, 1.82) is 0 Å². The number of likely N-dealkylation sites (N-methyl/N-ethyl adjacent to an activating group) is 1. The summed E-state index contributed by atoms with van der Waals surface area (Å²) in [6.07, 6.45) is 1.34. The molecule has 1 rings (SSSR count). The molecule has 0 aliphatic heterocycles. The number of rotatable bonds is 6. The van der Waals surface area contributed by atoms with E-state index in [-0.39, 0.29) is 11.1 Å². The molecule has 86 valence electrons. The molecule has 15 heavy (non-hydrogen) atoms. The van der Waals surface area contributed by atoms with Gasteiger partial charge >= 0.3 is 0 Å². The third-order valence-corrected chi connectivity index (χ3v) is 3.20. The summed E-state index contributed by atoms with van der Waals surface area (Å²) in [5, 5.41) is 3.06. The highest BCUT2D eigenvalue weighted by atomic mass is 32.2. The van der Waals surface area contributed by atoms with Crippen LogP contribution in [0, 0.1) is 0 Å². The number of sulfonamides is 1. The zero-order valence-electron chi connectivity index (χ0n) is 8.86. The molecule has 0 aliphatic carbocycles. The summed E-state index contributed by atoms with van der Waals surface area (Å²) in [6, 6.07) is 3.06. The molecule has 0 fully saturated rings. The molecule has 1 atom stereocenters. The standard InChI is InChI=1S/C9H16N2O3S/c1-3-10-8(2)7-11-15(12,13)9-5-4-6-14-9/h4-6,8,10-11H,3,7H2,1-2H3/t8-/m1/s1. The lowest BCUT2D eigenvalue weighted by Gasteiger charge is -2.12. The van der Waals surface area contributed by atoms with Crippen LogP contribution in [-0.2, 0) is 10.0 Å². The van der Waals surface area contributed by atoms with Crippen LogP contribution in [0.3, 0.4) is 0 Å². The van der Waals surface area contributed by atoms with Gasteiger partial charge in [-0.15, -0.1) is 0 Å². The highest BCUT2D eigenvalue weighted by Gasteiger charge is 2.17. The Balaban J connectivity index is 2.52. The number of hydrogen-bond acceptors (Lipinski definition) is 4. The number of nitrogens with one attached hydrogen (secondary N) is 2. The van der Waals surface area contributed by atoms with Gasteiger partial charge in [0.05, 0.1) is 6.26 Å². The van der Waals surface area contributed by atoms with Gasteiger partial charge in [0.25, 0.3) is 10.0 Å². The molecule has 0 saturated heterocycles. The van der Waals surface area contributed by atoms with Gasteiger partial charge in [0, 0.05) is 12.6 Å². The summed E-state index contributed by atoms with van der Waals surface area (Å²) in [5.74, 6) is 0. The first-order valence-corrected chi connectivity index (χ1v) is 6.31. The largest absolute Gasteiger partial charge is 0.452 e. The lowest BCUT2D eigenvalue weighted by atomic mass is 10.3. The molecule has 0 aromatic carbocycles. The van der Waals surface area contributed by atoms with Crippen molar-refractivity contribution < 1.29 is 12.8 Å². The summed E-state index contributed by atoms with van der Waals surface area (Å²) in [5.41, 5.74) is 0. The van der Waals surface area contributed by atoms with E-state index in [4.69, 9.17) is 4.42 Å². The van der Waals surface area contributed by atoms with Crippen molar-refractivity contribution in [3.63, 3.8) is 0 Å². The molecule has 6 heteroatoms. The normalized spacial score (nSPS) is 14.0. The van der Waals surface area contributed by atoms with Crippen LogP contribution < -0.4 is 10.0 Å². The Kier molecular flexibility index (Phi) is 4.31. The smallest absolute Gasteiger partial charge is 0.273 e. The fourth-order valence-corrected chi connectivity index (χ4v) is 2.19. The minimum absolute atomic E-state index is 0.0498. The van der Waals surface area contributed by atoms with Gasteiger partial charge < -0.3 is 9.73 Å². The van der Waals surface area contributed by atoms with Crippen molar-refractivity contribution in [2.24, 2.45) is 0 Å². The van der Waals surface area contributed by atoms with E-state index in [1.165, 1.54) is 12.3 Å². The third-order valence-electron chi connectivity index (χ3n) is 1.89. The van der Waals surface area contributed by atoms with E-state index in [1.54, 1.807) is 6.07 Å². The molecule has 0 saturated carbocycles. The zero-order valence-corrected chi connectivity index (χ0v) is 9.67. The van der Waals surface area contributed by atoms with Crippen molar-refractivity contribution in [3.8, 4) is 0 Å². The first-order chi connectivity index (χ1) is 7.06. The highest BCUT2D eigenvalue weighted by molar-refractivity contribution is 7.89. The summed E-state index contributed by atoms with van der Waals surface area (Å²) >= 11 is 0. The molecule has 1 aromatic heterocycles. The van der Waals surface area contributed by atoms with Crippen LogP contribution in [0.2, 0.25) is 0 Å². The maximum atomic E-state index is 11.6. The molecule has 2 N–H and O–H groups in total. The molecule has 1 aromatic rings. The predicted octanol–water partition coefficient (Wildman–Crippen LogP) is 0.556. The van der Waals surface area contributed by atoms with E-state index in [9.17, 15) is 8.42 Å². The molecular formula is C9H16N2O3S. The number of furan rings is 1. The molecule has 1 heterocycles. The van der Waals surface area contributed by atoms with Crippen LogP contribution in [0.4, 0.5) is 0 Å². The van der Waals surface area contributed by atoms with Crippen molar-refractivity contribution in [3.05, 3.63) is 18.4 Å². The number of hydrogen-bond donors (Lipinski definition) is 2. The van der Waals surface area contributed by atoms with Gasteiger partial charge in [-0.25, -0.2) is 13.1 Å². The summed E-state index contributed by atoms with van der Waals surface area (Å²) in [7, 11) is -3.49. The van der Waals surface area contributed by atoms with E-state index >= 15 is 0 Å². The van der Waals surface area contributed by atoms with Crippen LogP contribution in [0.5, 0.6) is 0 Å². The van der Waals surface area contributed by atoms with Gasteiger partial charge in [0.1, 0.15) is 0 Å². The summed E-state index contributed by atoms with van der Waals surface area (Å²) in [4.78, 5) is 0. The molecule has 0 spiro atoms. The van der Waals surface area contributed by atoms with E-state index < -0.39 is 10.0 Å². The van der Waals surface area contributed by atoms with Crippen LogP contribution in [-0.4, -0.2) is 27.5 Å². The van der Waals surface area contributed by atoms with E-state index in [0.717, 1.165) is 6.54 Å². The Labute approximate surface area is 89.9 Å². The fraction of sp³-hybridized carbons (Fsp3) is 0.556. The second-order valence-corrected chi connectivity index (χ2v) is 4.94. The van der Waals surface area contributed by atoms with Crippen LogP contribution in [0.1, 0.15) is 13.8 Å². The zero-order chi connectivity index (χ0) is 11.3. The maximum absolute atomic E-state index is 11.6. The lowest BCUT2D eigenvalue weighted by molar-refractivity contribution is 0.443.